The summed E-state index contributed by atoms with van der Waals surface area (Å²) in [5.74, 6) is -0.745. The molecule has 0 aliphatic rings. The average molecular weight is 208 g/mol. The van der Waals surface area contributed by atoms with Gasteiger partial charge in [0.25, 0.3) is 0 Å². The number of esters is 1. The van der Waals surface area contributed by atoms with Gasteiger partial charge in [0, 0.05) is 11.8 Å². The molecule has 5 nitrogen and oxygen atoms in total. The molecule has 1 N–H and O–H groups in total. The lowest BCUT2D eigenvalue weighted by Gasteiger charge is -2.08. The molecule has 0 spiro atoms. The van der Waals surface area contributed by atoms with E-state index in [9.17, 15) is 13.2 Å². The van der Waals surface area contributed by atoms with Crippen LogP contribution in [0.4, 0.5) is 0 Å². The molecule has 0 aromatic carbocycles. The van der Waals surface area contributed by atoms with E-state index in [0.29, 0.717) is 12.8 Å². The molecule has 0 amide bonds. The SMILES string of the molecule is CCCC(O)OC(=O)CC=S(=O)=O. The van der Waals surface area contributed by atoms with E-state index in [1.165, 1.54) is 0 Å². The maximum atomic E-state index is 10.7. The molecule has 0 fully saturated rings. The quantitative estimate of drug-likeness (QED) is 0.382. The Kier molecular flexibility index (Phi) is 6.17. The Morgan fingerprint density at radius 1 is 1.62 bits per heavy atom. The molecule has 0 aromatic rings. The van der Waals surface area contributed by atoms with Crippen molar-refractivity contribution in [3.8, 4) is 0 Å². The first-order valence-corrected chi connectivity index (χ1v) is 4.99. The van der Waals surface area contributed by atoms with E-state index in [2.05, 4.69) is 4.74 Å². The smallest absolute Gasteiger partial charge is 0.312 e. The Bertz CT molecular complexity index is 271. The second-order valence-electron chi connectivity index (χ2n) is 2.36. The molecule has 0 saturated heterocycles. The van der Waals surface area contributed by atoms with Crippen molar-refractivity contribution < 1.29 is 23.1 Å². The van der Waals surface area contributed by atoms with Crippen LogP contribution in [0.15, 0.2) is 0 Å². The van der Waals surface area contributed by atoms with Gasteiger partial charge in [-0.3, -0.25) is 4.79 Å². The van der Waals surface area contributed by atoms with Gasteiger partial charge in [0.05, 0.1) is 6.42 Å². The number of carbonyl (C=O) groups is 1. The summed E-state index contributed by atoms with van der Waals surface area (Å²) in [6.45, 7) is 1.83. The predicted molar refractivity (Wildman–Crippen MR) is 46.6 cm³/mol. The number of rotatable bonds is 5. The molecule has 6 heteroatoms. The third kappa shape index (κ3) is 7.48. The van der Waals surface area contributed by atoms with Crippen LogP contribution in [0.3, 0.4) is 0 Å². The Morgan fingerprint density at radius 3 is 2.69 bits per heavy atom. The standard InChI is InChI=1S/C7H12O5S/c1-2-3-6(8)12-7(9)4-5-13(10)11/h5-6,8H,2-4H2,1H3. The lowest BCUT2D eigenvalue weighted by atomic mass is 10.3. The minimum Gasteiger partial charge on any atom is -0.436 e. The topological polar surface area (TPSA) is 80.7 Å². The van der Waals surface area contributed by atoms with Crippen molar-refractivity contribution in [2.24, 2.45) is 0 Å². The maximum absolute atomic E-state index is 10.7. The van der Waals surface area contributed by atoms with Crippen molar-refractivity contribution >= 4 is 21.6 Å². The van der Waals surface area contributed by atoms with Gasteiger partial charge < -0.3 is 9.84 Å². The van der Waals surface area contributed by atoms with E-state index in [1.54, 1.807) is 0 Å². The number of ether oxygens (including phenoxy) is 1. The van der Waals surface area contributed by atoms with Gasteiger partial charge in [-0.1, -0.05) is 13.3 Å². The highest BCUT2D eigenvalue weighted by atomic mass is 32.2. The van der Waals surface area contributed by atoms with Gasteiger partial charge in [-0.2, -0.15) is 8.42 Å². The lowest BCUT2D eigenvalue weighted by molar-refractivity contribution is -0.166. The Hall–Kier alpha value is -0.880. The minimum absolute atomic E-state index is 0.336. The number of aliphatic hydroxyl groups is 1. The average Bonchev–Trinajstić information content (AvgIpc) is 2.01. The summed E-state index contributed by atoms with van der Waals surface area (Å²) >= 11 is 0. The van der Waals surface area contributed by atoms with Crippen LogP contribution in [0.1, 0.15) is 26.2 Å². The van der Waals surface area contributed by atoms with Gasteiger partial charge >= 0.3 is 5.97 Å². The van der Waals surface area contributed by atoms with Crippen LogP contribution < -0.4 is 0 Å². The van der Waals surface area contributed by atoms with Crippen LogP contribution in [0.5, 0.6) is 0 Å². The van der Waals surface area contributed by atoms with Crippen LogP contribution in [0.25, 0.3) is 0 Å². The van der Waals surface area contributed by atoms with E-state index < -0.39 is 22.6 Å². The largest absolute Gasteiger partial charge is 0.436 e. The van der Waals surface area contributed by atoms with E-state index in [-0.39, 0.29) is 6.42 Å². The van der Waals surface area contributed by atoms with Crippen LogP contribution in [0.2, 0.25) is 0 Å². The zero-order chi connectivity index (χ0) is 10.3. The van der Waals surface area contributed by atoms with E-state index in [1.807, 2.05) is 6.92 Å². The molecule has 13 heavy (non-hydrogen) atoms. The van der Waals surface area contributed by atoms with Crippen LogP contribution >= 0.6 is 0 Å². The molecule has 0 radical (unpaired) electrons. The van der Waals surface area contributed by atoms with Gasteiger partial charge in [-0.25, -0.2) is 0 Å². The molecule has 0 bridgehead atoms. The fourth-order valence-corrected chi connectivity index (χ4v) is 0.914. The van der Waals surface area contributed by atoms with Crippen molar-refractivity contribution in [3.63, 3.8) is 0 Å². The minimum atomic E-state index is -2.36. The summed E-state index contributed by atoms with van der Waals surface area (Å²) in [5, 5.41) is 9.75. The highest BCUT2D eigenvalue weighted by molar-refractivity contribution is 7.71. The second-order valence-corrected chi connectivity index (χ2v) is 3.22. The molecule has 0 aliphatic heterocycles. The molecule has 0 aromatic heterocycles. The Balaban J connectivity index is 3.81. The number of aliphatic hydroxyl groups excluding tert-OH is 1. The second kappa shape index (κ2) is 6.62. The van der Waals surface area contributed by atoms with Gasteiger partial charge in [0.2, 0.25) is 16.6 Å². The first kappa shape index (κ1) is 12.1. The molecule has 76 valence electrons. The summed E-state index contributed by atoms with van der Waals surface area (Å²) in [5.41, 5.74) is 0. The summed E-state index contributed by atoms with van der Waals surface area (Å²) < 4.78 is 24.4. The van der Waals surface area contributed by atoms with Crippen molar-refractivity contribution in [3.05, 3.63) is 0 Å². The van der Waals surface area contributed by atoms with Crippen LogP contribution in [-0.4, -0.2) is 31.2 Å². The van der Waals surface area contributed by atoms with Crippen molar-refractivity contribution in [1.29, 1.82) is 0 Å². The fraction of sp³-hybridized carbons (Fsp3) is 0.714. The Morgan fingerprint density at radius 2 is 2.23 bits per heavy atom. The van der Waals surface area contributed by atoms with Gasteiger partial charge in [-0.05, 0) is 0 Å². The zero-order valence-electron chi connectivity index (χ0n) is 7.26. The predicted octanol–water partition coefficient (Wildman–Crippen LogP) is -0.280. The van der Waals surface area contributed by atoms with Crippen molar-refractivity contribution in [1.82, 2.24) is 0 Å². The lowest BCUT2D eigenvalue weighted by Crippen LogP contribution is -2.17. The van der Waals surface area contributed by atoms with Gasteiger partial charge in [0.1, 0.15) is 0 Å². The van der Waals surface area contributed by atoms with Gasteiger partial charge in [-0.15, -0.1) is 0 Å². The van der Waals surface area contributed by atoms with Crippen LogP contribution in [0, 0.1) is 0 Å². The molecule has 0 aliphatic carbocycles. The highest BCUT2D eigenvalue weighted by Gasteiger charge is 2.08. The normalized spacial score (nSPS) is 11.8. The molecular formula is C7H12O5S. The first-order chi connectivity index (χ1) is 6.06. The molecule has 0 rings (SSSR count). The zero-order valence-corrected chi connectivity index (χ0v) is 8.08. The first-order valence-electron chi connectivity index (χ1n) is 3.85. The van der Waals surface area contributed by atoms with Gasteiger partial charge in [0.15, 0.2) is 0 Å². The van der Waals surface area contributed by atoms with E-state index >= 15 is 0 Å². The molecule has 1 unspecified atom stereocenters. The third-order valence-electron chi connectivity index (χ3n) is 1.19. The summed E-state index contributed by atoms with van der Waals surface area (Å²) in [6, 6.07) is 0. The maximum Gasteiger partial charge on any atom is 0.312 e. The number of carbonyl (C=O) groups excluding carboxylic acids is 1. The number of hydrogen-bond acceptors (Lipinski definition) is 5. The van der Waals surface area contributed by atoms with E-state index in [4.69, 9.17) is 5.11 Å². The van der Waals surface area contributed by atoms with Crippen molar-refractivity contribution in [2.45, 2.75) is 32.5 Å². The highest BCUT2D eigenvalue weighted by Crippen LogP contribution is 1.98. The summed E-state index contributed by atoms with van der Waals surface area (Å²) in [4.78, 5) is 10.7. The summed E-state index contributed by atoms with van der Waals surface area (Å²) in [7, 11) is -2.36. The molecule has 0 saturated carbocycles. The van der Waals surface area contributed by atoms with E-state index in [0.717, 1.165) is 5.37 Å². The molecule has 1 atom stereocenters. The van der Waals surface area contributed by atoms with Crippen molar-refractivity contribution in [2.75, 3.05) is 0 Å². The fourth-order valence-electron chi connectivity index (χ4n) is 0.642. The summed E-state index contributed by atoms with van der Waals surface area (Å²) in [6.07, 6.45) is -0.430. The monoisotopic (exact) mass is 208 g/mol. The third-order valence-corrected chi connectivity index (χ3v) is 1.63. The molecule has 0 heterocycles. The number of hydrogen-bond donors (Lipinski definition) is 1. The Labute approximate surface area is 77.9 Å². The van der Waals surface area contributed by atoms with Crippen LogP contribution in [-0.2, 0) is 19.8 Å². The molecular weight excluding hydrogens is 196 g/mol.